The van der Waals surface area contributed by atoms with Crippen LogP contribution in [0.2, 0.25) is 0 Å². The summed E-state index contributed by atoms with van der Waals surface area (Å²) >= 11 is 0. The molecule has 0 aliphatic rings. The Balaban J connectivity index is 0.000000720. The van der Waals surface area contributed by atoms with Gasteiger partial charge < -0.3 is 8.96 Å². The van der Waals surface area contributed by atoms with Crippen molar-refractivity contribution in [2.45, 2.75) is 0 Å². The van der Waals surface area contributed by atoms with Crippen molar-refractivity contribution >= 4 is 7.55 Å². The molecule has 54 valence electrons. The third-order valence-corrected chi connectivity index (χ3v) is 1.32. The molecule has 0 bridgehead atoms. The second kappa shape index (κ2) is 4.19. The van der Waals surface area contributed by atoms with E-state index in [4.69, 9.17) is 0 Å². The maximum atomic E-state index is 3.90. The van der Waals surface area contributed by atoms with Crippen LogP contribution in [0.5, 0.6) is 0 Å². The van der Waals surface area contributed by atoms with Crippen LogP contribution < -0.4 is 18.9 Å². The summed E-state index contributed by atoms with van der Waals surface area (Å²) in [6, 6.07) is 0. The zero-order chi connectivity index (χ0) is 7.52. The molecule has 2 heterocycles. The molecule has 6 heteroatoms. The first-order valence-electron chi connectivity index (χ1n) is 3.25. The minimum Gasteiger partial charge on any atom is -0.555 e. The Bertz CT molecular complexity index is 272. The van der Waals surface area contributed by atoms with Crippen LogP contribution in [-0.4, -0.2) is 26.5 Å². The summed E-state index contributed by atoms with van der Waals surface area (Å²) in [5.41, 5.74) is 0. The number of nitrogens with zero attached hydrogens (tertiary/aromatic N) is 4. The van der Waals surface area contributed by atoms with Crippen molar-refractivity contribution in [3.05, 3.63) is 37.4 Å². The van der Waals surface area contributed by atoms with Crippen LogP contribution in [0.25, 0.3) is 0 Å². The average molecular weight is 152 g/mol. The largest absolute Gasteiger partial charge is 1.00 e. The van der Waals surface area contributed by atoms with Gasteiger partial charge in [0.1, 0.15) is 0 Å². The molecule has 0 N–H and O–H groups in total. The minimum atomic E-state index is 0. The van der Waals surface area contributed by atoms with E-state index in [1.165, 1.54) is 0 Å². The summed E-state index contributed by atoms with van der Waals surface area (Å²) in [5, 5.41) is 0. The van der Waals surface area contributed by atoms with E-state index in [-0.39, 0.29) is 18.9 Å². The number of hydrogen-bond acceptors (Lipinski definition) is 2. The van der Waals surface area contributed by atoms with Gasteiger partial charge in [0.2, 0.25) is 0 Å². The fourth-order valence-electron chi connectivity index (χ4n) is 0.829. The zero-order valence-electron chi connectivity index (χ0n) is 6.83. The van der Waals surface area contributed by atoms with Crippen LogP contribution >= 0.6 is 0 Å². The molecule has 2 rings (SSSR count). The molecule has 0 aliphatic heterocycles. The molecule has 2 radical (unpaired) electrons. The maximum absolute atomic E-state index is 3.90. The Labute approximate surface area is 83.1 Å². The summed E-state index contributed by atoms with van der Waals surface area (Å²) in [5.74, 6) is 0. The molecular formula is C6H6BLiN4. The molecule has 0 saturated heterocycles. The van der Waals surface area contributed by atoms with Crippen LogP contribution in [0, 0.1) is 0 Å². The normalized spacial score (nSPS) is 9.33. The van der Waals surface area contributed by atoms with Crippen LogP contribution in [-0.2, 0) is 0 Å². The maximum Gasteiger partial charge on any atom is 1.00 e. The van der Waals surface area contributed by atoms with Crippen molar-refractivity contribution in [2.75, 3.05) is 0 Å². The molecule has 12 heavy (non-hydrogen) atoms. The Hall–Kier alpha value is -0.918. The summed E-state index contributed by atoms with van der Waals surface area (Å²) in [7, 11) is 1.88. The van der Waals surface area contributed by atoms with Gasteiger partial charge in [-0.3, -0.25) is 0 Å². The van der Waals surface area contributed by atoms with E-state index in [2.05, 4.69) is 9.97 Å². The second-order valence-electron chi connectivity index (χ2n) is 2.14. The van der Waals surface area contributed by atoms with Crippen LogP contribution in [0.1, 0.15) is 0 Å². The fraction of sp³-hybridized carbons (Fsp3) is 0. The first kappa shape index (κ1) is 9.17. The molecule has 0 saturated carbocycles. The van der Waals surface area contributed by atoms with E-state index in [0.717, 1.165) is 0 Å². The van der Waals surface area contributed by atoms with Crippen LogP contribution in [0.15, 0.2) is 37.4 Å². The molecular weight excluding hydrogens is 146 g/mol. The molecule has 0 atom stereocenters. The van der Waals surface area contributed by atoms with E-state index >= 15 is 0 Å². The van der Waals surface area contributed by atoms with Crippen molar-refractivity contribution in [1.82, 2.24) is 18.9 Å². The molecule has 0 fully saturated rings. The zero-order valence-corrected chi connectivity index (χ0v) is 6.83. The Morgan fingerprint density at radius 3 is 1.75 bits per heavy atom. The quantitative estimate of drug-likeness (QED) is 0.430. The van der Waals surface area contributed by atoms with Gasteiger partial charge in [-0.1, -0.05) is 7.55 Å². The van der Waals surface area contributed by atoms with Crippen molar-refractivity contribution in [1.29, 1.82) is 0 Å². The van der Waals surface area contributed by atoms with Gasteiger partial charge in [0.25, 0.3) is 0 Å². The predicted molar refractivity (Wildman–Crippen MR) is 41.0 cm³/mol. The van der Waals surface area contributed by atoms with Crippen molar-refractivity contribution in [3.8, 4) is 0 Å². The molecule has 2 aromatic heterocycles. The Kier molecular flexibility index (Phi) is 3.21. The molecule has 0 unspecified atom stereocenters. The summed E-state index contributed by atoms with van der Waals surface area (Å²) in [4.78, 5) is 7.80. The average Bonchev–Trinajstić information content (AvgIpc) is 2.60. The number of imidazole rings is 2. The Morgan fingerprint density at radius 1 is 0.917 bits per heavy atom. The molecule has 0 spiro atoms. The van der Waals surface area contributed by atoms with E-state index in [9.17, 15) is 0 Å². The minimum absolute atomic E-state index is 0. The van der Waals surface area contributed by atoms with Crippen LogP contribution in [0.4, 0.5) is 0 Å². The Morgan fingerprint density at radius 2 is 1.42 bits per heavy atom. The molecule has 4 nitrogen and oxygen atoms in total. The van der Waals surface area contributed by atoms with Gasteiger partial charge in [0, 0.05) is 12.4 Å². The molecule has 2 aromatic rings. The van der Waals surface area contributed by atoms with Gasteiger partial charge in [0.15, 0.2) is 0 Å². The van der Waals surface area contributed by atoms with Crippen molar-refractivity contribution < 1.29 is 18.9 Å². The van der Waals surface area contributed by atoms with Gasteiger partial charge in [0.05, 0.1) is 12.7 Å². The summed E-state index contributed by atoms with van der Waals surface area (Å²) in [6.45, 7) is 0. The first-order chi connectivity index (χ1) is 5.45. The van der Waals surface area contributed by atoms with Gasteiger partial charge >= 0.3 is 18.9 Å². The summed E-state index contributed by atoms with van der Waals surface area (Å²) in [6.07, 6.45) is 10.6. The first-order valence-corrected chi connectivity index (χ1v) is 3.25. The third-order valence-electron chi connectivity index (χ3n) is 1.32. The van der Waals surface area contributed by atoms with Crippen molar-refractivity contribution in [3.63, 3.8) is 0 Å². The SMILES string of the molecule is [B-](n1ccnc1)n1ccnc1.[Li+]. The summed E-state index contributed by atoms with van der Waals surface area (Å²) < 4.78 is 3.70. The molecule has 0 aliphatic carbocycles. The number of rotatable bonds is 2. The van der Waals surface area contributed by atoms with Crippen molar-refractivity contribution in [2.24, 2.45) is 0 Å². The van der Waals surface area contributed by atoms with Gasteiger partial charge in [-0.05, 0) is 12.4 Å². The predicted octanol–water partition coefficient (Wildman–Crippen LogP) is -2.99. The smallest absolute Gasteiger partial charge is 0.555 e. The van der Waals surface area contributed by atoms with E-state index < -0.39 is 0 Å². The van der Waals surface area contributed by atoms with E-state index in [1.807, 2.05) is 28.9 Å². The topological polar surface area (TPSA) is 35.6 Å². The molecule has 0 amide bonds. The van der Waals surface area contributed by atoms with Crippen LogP contribution in [0.3, 0.4) is 0 Å². The number of hydrogen-bond donors (Lipinski definition) is 0. The van der Waals surface area contributed by atoms with Gasteiger partial charge in [-0.2, -0.15) is 0 Å². The van der Waals surface area contributed by atoms with E-state index in [0.29, 0.717) is 0 Å². The monoisotopic (exact) mass is 152 g/mol. The van der Waals surface area contributed by atoms with Gasteiger partial charge in [-0.25, -0.2) is 9.97 Å². The second-order valence-corrected chi connectivity index (χ2v) is 2.14. The third kappa shape index (κ3) is 2.03. The van der Waals surface area contributed by atoms with E-state index in [1.54, 1.807) is 25.0 Å². The van der Waals surface area contributed by atoms with Gasteiger partial charge in [-0.15, -0.1) is 0 Å². The fourth-order valence-corrected chi connectivity index (χ4v) is 0.829. The number of aromatic nitrogens is 4. The molecule has 0 aromatic carbocycles. The standard InChI is InChI=1S/C6H6BN4.Li/c1-3-10(5-8-1)7-11-4-2-9-6-11;/h1-6H;/q-1;+1.